The molecule has 4 aromatic rings. The molecule has 0 unspecified atom stereocenters. The summed E-state index contributed by atoms with van der Waals surface area (Å²) in [5.41, 5.74) is 8.09. The van der Waals surface area contributed by atoms with Crippen LogP contribution in [-0.4, -0.2) is 40.3 Å². The number of aliphatic hydroxyl groups is 2. The smallest absolute Gasteiger partial charge is 0.248 e. The Bertz CT molecular complexity index is 1310. The number of benzene rings is 3. The SMILES string of the molecule is NC(=O)c1ccc2c(Oc3ccc(C[C@@H](CO)NC[C@@H](O)c4cccc(Cl)c4)cc3)ccnc2c1. The van der Waals surface area contributed by atoms with E-state index < -0.39 is 12.0 Å². The molecule has 1 amide bonds. The third kappa shape index (κ3) is 6.35. The minimum Gasteiger partial charge on any atom is -0.457 e. The standard InChI is InChI=1S/C27H26ClN3O4/c28-20-3-1-2-18(13-20)25(33)15-31-21(16-32)12-17-4-7-22(8-5-17)35-26-10-11-30-24-14-19(27(29)34)6-9-23(24)26/h1-11,13-14,21,25,31-33H,12,15-16H2,(H2,29,34)/t21-,25+/m0/s1. The second-order valence-corrected chi connectivity index (χ2v) is 8.65. The highest BCUT2D eigenvalue weighted by Gasteiger charge is 2.13. The molecule has 8 heteroatoms. The Morgan fingerprint density at radius 1 is 1.09 bits per heavy atom. The molecule has 35 heavy (non-hydrogen) atoms. The summed E-state index contributed by atoms with van der Waals surface area (Å²) in [5.74, 6) is 0.749. The van der Waals surface area contributed by atoms with Gasteiger partial charge in [0, 0.05) is 34.8 Å². The average Bonchev–Trinajstić information content (AvgIpc) is 2.87. The maximum Gasteiger partial charge on any atom is 0.248 e. The van der Waals surface area contributed by atoms with Crippen molar-refractivity contribution in [3.8, 4) is 11.5 Å². The molecule has 3 aromatic carbocycles. The number of rotatable bonds is 10. The summed E-state index contributed by atoms with van der Waals surface area (Å²) in [5, 5.41) is 24.7. The van der Waals surface area contributed by atoms with E-state index >= 15 is 0 Å². The molecule has 5 N–H and O–H groups in total. The number of pyridine rings is 1. The summed E-state index contributed by atoms with van der Waals surface area (Å²) in [7, 11) is 0. The molecule has 0 fully saturated rings. The molecule has 0 radical (unpaired) electrons. The molecule has 0 saturated heterocycles. The van der Waals surface area contributed by atoms with Gasteiger partial charge >= 0.3 is 0 Å². The maximum absolute atomic E-state index is 11.4. The molecule has 180 valence electrons. The van der Waals surface area contributed by atoms with E-state index in [1.165, 1.54) is 0 Å². The van der Waals surface area contributed by atoms with Crippen molar-refractivity contribution < 1.29 is 19.7 Å². The highest BCUT2D eigenvalue weighted by molar-refractivity contribution is 6.30. The number of nitrogens with one attached hydrogen (secondary N) is 1. The van der Waals surface area contributed by atoms with Gasteiger partial charge < -0.3 is 26.0 Å². The van der Waals surface area contributed by atoms with Gasteiger partial charge in [0.25, 0.3) is 0 Å². The Hall–Kier alpha value is -3.49. The molecule has 1 heterocycles. The Labute approximate surface area is 208 Å². The molecule has 0 aliphatic rings. The van der Waals surface area contributed by atoms with Crippen molar-refractivity contribution >= 4 is 28.4 Å². The van der Waals surface area contributed by atoms with Crippen molar-refractivity contribution in [2.45, 2.75) is 18.6 Å². The fraction of sp³-hybridized carbons (Fsp3) is 0.185. The third-order valence-electron chi connectivity index (χ3n) is 5.67. The second-order valence-electron chi connectivity index (χ2n) is 8.21. The van der Waals surface area contributed by atoms with Crippen LogP contribution < -0.4 is 15.8 Å². The molecule has 0 aliphatic heterocycles. The van der Waals surface area contributed by atoms with E-state index in [2.05, 4.69) is 10.3 Å². The van der Waals surface area contributed by atoms with Crippen LogP contribution in [0.4, 0.5) is 0 Å². The van der Waals surface area contributed by atoms with Gasteiger partial charge in [-0.1, -0.05) is 35.9 Å². The number of amides is 1. The van der Waals surface area contributed by atoms with Gasteiger partial charge in [-0.2, -0.15) is 0 Å². The lowest BCUT2D eigenvalue weighted by Gasteiger charge is -2.19. The van der Waals surface area contributed by atoms with Crippen molar-refractivity contribution in [1.82, 2.24) is 10.3 Å². The Morgan fingerprint density at radius 2 is 1.89 bits per heavy atom. The number of ether oxygens (including phenoxy) is 1. The van der Waals surface area contributed by atoms with E-state index in [1.54, 1.807) is 48.7 Å². The quantitative estimate of drug-likeness (QED) is 0.266. The number of nitrogens with zero attached hydrogens (tertiary/aromatic N) is 1. The van der Waals surface area contributed by atoms with Gasteiger partial charge in [0.2, 0.25) is 5.91 Å². The lowest BCUT2D eigenvalue weighted by Crippen LogP contribution is -2.37. The zero-order valence-corrected chi connectivity index (χ0v) is 19.7. The van der Waals surface area contributed by atoms with Crippen molar-refractivity contribution in [3.05, 3.63) is 101 Å². The highest BCUT2D eigenvalue weighted by atomic mass is 35.5. The van der Waals surface area contributed by atoms with Gasteiger partial charge in [-0.05, 0) is 66.1 Å². The number of aliphatic hydroxyl groups excluding tert-OH is 2. The van der Waals surface area contributed by atoms with Crippen LogP contribution in [0.25, 0.3) is 10.9 Å². The van der Waals surface area contributed by atoms with E-state index in [4.69, 9.17) is 22.1 Å². The van der Waals surface area contributed by atoms with Crippen LogP contribution in [0.5, 0.6) is 11.5 Å². The summed E-state index contributed by atoms with van der Waals surface area (Å²) in [6, 6.07) is 21.3. The summed E-state index contributed by atoms with van der Waals surface area (Å²) in [6.45, 7) is 0.218. The zero-order valence-electron chi connectivity index (χ0n) is 18.9. The molecule has 0 spiro atoms. The van der Waals surface area contributed by atoms with Crippen molar-refractivity contribution in [2.75, 3.05) is 13.2 Å². The first-order valence-corrected chi connectivity index (χ1v) is 11.5. The number of hydrogen-bond donors (Lipinski definition) is 4. The highest BCUT2D eigenvalue weighted by Crippen LogP contribution is 2.29. The molecule has 2 atom stereocenters. The first-order valence-electron chi connectivity index (χ1n) is 11.2. The topological polar surface area (TPSA) is 118 Å². The second kappa shape index (κ2) is 11.3. The number of hydrogen-bond acceptors (Lipinski definition) is 6. The predicted octanol–water partition coefficient (Wildman–Crippen LogP) is 4.01. The number of nitrogens with two attached hydrogens (primary N) is 1. The van der Waals surface area contributed by atoms with Crippen LogP contribution in [0.3, 0.4) is 0 Å². The lowest BCUT2D eigenvalue weighted by atomic mass is 10.0. The van der Waals surface area contributed by atoms with E-state index in [9.17, 15) is 15.0 Å². The van der Waals surface area contributed by atoms with E-state index in [0.29, 0.717) is 40.6 Å². The van der Waals surface area contributed by atoms with Crippen LogP contribution in [0.1, 0.15) is 27.6 Å². The summed E-state index contributed by atoms with van der Waals surface area (Å²) in [6.07, 6.45) is 1.46. The largest absolute Gasteiger partial charge is 0.457 e. The van der Waals surface area contributed by atoms with Gasteiger partial charge in [0.15, 0.2) is 0 Å². The average molecular weight is 492 g/mol. The fourth-order valence-corrected chi connectivity index (χ4v) is 3.98. The summed E-state index contributed by atoms with van der Waals surface area (Å²) >= 11 is 5.99. The van der Waals surface area contributed by atoms with Gasteiger partial charge in [-0.3, -0.25) is 9.78 Å². The van der Waals surface area contributed by atoms with Crippen molar-refractivity contribution in [2.24, 2.45) is 5.73 Å². The van der Waals surface area contributed by atoms with Gasteiger partial charge in [-0.15, -0.1) is 0 Å². The number of fused-ring (bicyclic) bond motifs is 1. The van der Waals surface area contributed by atoms with Crippen LogP contribution in [0.15, 0.2) is 79.0 Å². The number of halogens is 1. The Balaban J connectivity index is 1.38. The number of aromatic nitrogens is 1. The summed E-state index contributed by atoms with van der Waals surface area (Å²) < 4.78 is 6.05. The molecule has 7 nitrogen and oxygen atoms in total. The number of carbonyl (C=O) groups is 1. The maximum atomic E-state index is 11.4. The first-order chi connectivity index (χ1) is 16.9. The third-order valence-corrected chi connectivity index (χ3v) is 5.91. The molecule has 0 saturated carbocycles. The van der Waals surface area contributed by atoms with Crippen molar-refractivity contribution in [3.63, 3.8) is 0 Å². The molecular formula is C27H26ClN3O4. The van der Waals surface area contributed by atoms with Crippen LogP contribution >= 0.6 is 11.6 Å². The number of carbonyl (C=O) groups excluding carboxylic acids is 1. The molecule has 4 rings (SSSR count). The van der Waals surface area contributed by atoms with Gasteiger partial charge in [-0.25, -0.2) is 0 Å². The fourth-order valence-electron chi connectivity index (χ4n) is 3.78. The molecular weight excluding hydrogens is 466 g/mol. The Kier molecular flexibility index (Phi) is 7.94. The predicted molar refractivity (Wildman–Crippen MR) is 136 cm³/mol. The summed E-state index contributed by atoms with van der Waals surface area (Å²) in [4.78, 5) is 15.7. The minimum absolute atomic E-state index is 0.0726. The number of primary amides is 1. The zero-order chi connectivity index (χ0) is 24.8. The molecule has 1 aromatic heterocycles. The monoisotopic (exact) mass is 491 g/mol. The molecule has 0 bridgehead atoms. The van der Waals surface area contributed by atoms with Gasteiger partial charge in [0.05, 0.1) is 18.2 Å². The van der Waals surface area contributed by atoms with Crippen LogP contribution in [0, 0.1) is 0 Å². The van der Waals surface area contributed by atoms with E-state index in [1.807, 2.05) is 30.3 Å². The molecule has 0 aliphatic carbocycles. The van der Waals surface area contributed by atoms with Gasteiger partial charge in [0.1, 0.15) is 11.5 Å². The van der Waals surface area contributed by atoms with Crippen molar-refractivity contribution in [1.29, 1.82) is 0 Å². The van der Waals surface area contributed by atoms with E-state index in [0.717, 1.165) is 16.5 Å². The Morgan fingerprint density at radius 3 is 2.60 bits per heavy atom. The minimum atomic E-state index is -0.729. The lowest BCUT2D eigenvalue weighted by molar-refractivity contribution is 0.100. The first kappa shape index (κ1) is 24.6. The van der Waals surface area contributed by atoms with Crippen LogP contribution in [0.2, 0.25) is 5.02 Å². The van der Waals surface area contributed by atoms with Crippen LogP contribution in [-0.2, 0) is 6.42 Å². The van der Waals surface area contributed by atoms with E-state index in [-0.39, 0.29) is 12.6 Å². The normalized spacial score (nSPS) is 12.9.